The summed E-state index contributed by atoms with van der Waals surface area (Å²) in [6.07, 6.45) is 0. The third kappa shape index (κ3) is 2.98. The second-order valence-electron chi connectivity index (χ2n) is 7.26. The number of aryl methyl sites for hydroxylation is 3. The Morgan fingerprint density at radius 2 is 1.90 bits per heavy atom. The third-order valence-electron chi connectivity index (χ3n) is 5.27. The van der Waals surface area contributed by atoms with Crippen molar-refractivity contribution in [2.24, 2.45) is 7.05 Å². The summed E-state index contributed by atoms with van der Waals surface area (Å²) in [6, 6.07) is 15.6. The zero-order valence-electron chi connectivity index (χ0n) is 16.9. The Morgan fingerprint density at radius 3 is 2.63 bits per heavy atom. The van der Waals surface area contributed by atoms with Crippen molar-refractivity contribution in [3.05, 3.63) is 81.4 Å². The van der Waals surface area contributed by atoms with Gasteiger partial charge in [0, 0.05) is 18.5 Å². The SMILES string of the molecule is Cc1oc(-c2cccs2)nc1Cn1c(=O)cc(-c2ccccc2)c2c(C)nn(C)c21. The second kappa shape index (κ2) is 7.11. The Morgan fingerprint density at radius 1 is 1.10 bits per heavy atom. The van der Waals surface area contributed by atoms with Crippen molar-refractivity contribution in [1.29, 1.82) is 0 Å². The lowest BCUT2D eigenvalue weighted by Crippen LogP contribution is -2.22. The van der Waals surface area contributed by atoms with Gasteiger partial charge in [0.05, 0.1) is 17.1 Å². The van der Waals surface area contributed by atoms with Gasteiger partial charge in [-0.15, -0.1) is 11.3 Å². The molecular formula is C23H20N4O2S. The number of rotatable bonds is 4. The molecule has 0 unspecified atom stereocenters. The van der Waals surface area contributed by atoms with Crippen LogP contribution in [0.3, 0.4) is 0 Å². The molecule has 0 spiro atoms. The lowest BCUT2D eigenvalue weighted by molar-refractivity contribution is 0.539. The Hall–Kier alpha value is -3.45. The number of fused-ring (bicyclic) bond motifs is 1. The quantitative estimate of drug-likeness (QED) is 0.423. The Labute approximate surface area is 177 Å². The summed E-state index contributed by atoms with van der Waals surface area (Å²) in [4.78, 5) is 18.8. The molecule has 6 nitrogen and oxygen atoms in total. The lowest BCUT2D eigenvalue weighted by atomic mass is 10.0. The minimum atomic E-state index is -0.0931. The molecule has 0 saturated carbocycles. The highest BCUT2D eigenvalue weighted by Gasteiger charge is 2.20. The van der Waals surface area contributed by atoms with Crippen LogP contribution < -0.4 is 5.56 Å². The number of benzene rings is 1. The molecule has 0 radical (unpaired) electrons. The van der Waals surface area contributed by atoms with Crippen LogP contribution in [0.2, 0.25) is 0 Å². The Balaban J connectivity index is 1.68. The van der Waals surface area contributed by atoms with Crippen LogP contribution in [0.15, 0.2) is 63.1 Å². The first-order valence-electron chi connectivity index (χ1n) is 9.65. The molecule has 30 heavy (non-hydrogen) atoms. The summed E-state index contributed by atoms with van der Waals surface area (Å²) in [7, 11) is 1.87. The molecule has 0 saturated heterocycles. The minimum Gasteiger partial charge on any atom is -0.440 e. The average molecular weight is 417 g/mol. The number of pyridine rings is 1. The van der Waals surface area contributed by atoms with Gasteiger partial charge in [-0.1, -0.05) is 36.4 Å². The monoisotopic (exact) mass is 416 g/mol. The van der Waals surface area contributed by atoms with Gasteiger partial charge in [0.2, 0.25) is 5.89 Å². The molecule has 5 rings (SSSR count). The Bertz CT molecular complexity index is 1410. The van der Waals surface area contributed by atoms with Crippen LogP contribution >= 0.6 is 11.3 Å². The van der Waals surface area contributed by atoms with E-state index in [4.69, 9.17) is 4.42 Å². The summed E-state index contributed by atoms with van der Waals surface area (Å²) in [6.45, 7) is 4.18. The standard InChI is InChI=1S/C23H20N4O2S/c1-14-21-17(16-8-5-4-6-9-16)12-20(28)27(23(21)26(3)25-14)13-18-15(2)29-22(24-18)19-10-7-11-30-19/h4-12H,13H2,1-3H3. The summed E-state index contributed by atoms with van der Waals surface area (Å²) < 4.78 is 9.37. The third-order valence-corrected chi connectivity index (χ3v) is 6.13. The van der Waals surface area contributed by atoms with Gasteiger partial charge in [0.25, 0.3) is 5.56 Å². The molecule has 150 valence electrons. The smallest absolute Gasteiger partial charge is 0.253 e. The van der Waals surface area contributed by atoms with E-state index in [-0.39, 0.29) is 5.56 Å². The summed E-state index contributed by atoms with van der Waals surface area (Å²) in [5.74, 6) is 1.30. The minimum absolute atomic E-state index is 0.0931. The maximum absolute atomic E-state index is 13.2. The largest absolute Gasteiger partial charge is 0.440 e. The molecule has 0 N–H and O–H groups in total. The van der Waals surface area contributed by atoms with Crippen LogP contribution in [0, 0.1) is 13.8 Å². The van der Waals surface area contributed by atoms with E-state index in [1.165, 1.54) is 0 Å². The van der Waals surface area contributed by atoms with Gasteiger partial charge < -0.3 is 4.42 Å². The molecule has 7 heteroatoms. The van der Waals surface area contributed by atoms with Crippen molar-refractivity contribution in [3.8, 4) is 21.9 Å². The maximum atomic E-state index is 13.2. The number of thiophene rings is 1. The highest BCUT2D eigenvalue weighted by molar-refractivity contribution is 7.13. The predicted molar refractivity (Wildman–Crippen MR) is 119 cm³/mol. The molecule has 0 aliphatic heterocycles. The van der Waals surface area contributed by atoms with E-state index < -0.39 is 0 Å². The van der Waals surface area contributed by atoms with E-state index in [0.717, 1.165) is 38.4 Å². The summed E-state index contributed by atoms with van der Waals surface area (Å²) in [5, 5.41) is 7.57. The molecule has 5 aromatic rings. The highest BCUT2D eigenvalue weighted by Crippen LogP contribution is 2.30. The Kier molecular flexibility index (Phi) is 4.40. The van der Waals surface area contributed by atoms with Crippen LogP contribution in [-0.4, -0.2) is 19.3 Å². The fourth-order valence-electron chi connectivity index (χ4n) is 3.88. The van der Waals surface area contributed by atoms with Gasteiger partial charge in [-0.2, -0.15) is 5.10 Å². The van der Waals surface area contributed by atoms with E-state index >= 15 is 0 Å². The molecule has 0 atom stereocenters. The van der Waals surface area contributed by atoms with Crippen molar-refractivity contribution in [1.82, 2.24) is 19.3 Å². The second-order valence-corrected chi connectivity index (χ2v) is 8.20. The molecular weight excluding hydrogens is 396 g/mol. The molecule has 4 aromatic heterocycles. The first kappa shape index (κ1) is 18.6. The summed E-state index contributed by atoms with van der Waals surface area (Å²) >= 11 is 1.58. The maximum Gasteiger partial charge on any atom is 0.253 e. The highest BCUT2D eigenvalue weighted by atomic mass is 32.1. The molecule has 0 aliphatic carbocycles. The number of oxazole rings is 1. The van der Waals surface area contributed by atoms with E-state index in [1.54, 1.807) is 26.7 Å². The van der Waals surface area contributed by atoms with Crippen LogP contribution in [0.1, 0.15) is 17.1 Å². The topological polar surface area (TPSA) is 65.8 Å². The van der Waals surface area contributed by atoms with Gasteiger partial charge >= 0.3 is 0 Å². The van der Waals surface area contributed by atoms with Gasteiger partial charge in [-0.05, 0) is 36.4 Å². The van der Waals surface area contributed by atoms with Crippen molar-refractivity contribution in [3.63, 3.8) is 0 Å². The van der Waals surface area contributed by atoms with Crippen LogP contribution in [0.25, 0.3) is 32.9 Å². The number of hydrogen-bond acceptors (Lipinski definition) is 5. The van der Waals surface area contributed by atoms with Crippen molar-refractivity contribution >= 4 is 22.4 Å². The van der Waals surface area contributed by atoms with E-state index in [1.807, 2.05) is 68.7 Å². The van der Waals surface area contributed by atoms with Crippen LogP contribution in [-0.2, 0) is 13.6 Å². The molecule has 1 aromatic carbocycles. The van der Waals surface area contributed by atoms with E-state index in [9.17, 15) is 4.79 Å². The van der Waals surface area contributed by atoms with Gasteiger partial charge in [-0.25, -0.2) is 4.98 Å². The number of hydrogen-bond donors (Lipinski definition) is 0. The zero-order valence-corrected chi connectivity index (χ0v) is 17.7. The molecule has 0 amide bonds. The first-order chi connectivity index (χ1) is 14.5. The van der Waals surface area contributed by atoms with Crippen LogP contribution in [0.4, 0.5) is 0 Å². The molecule has 0 aliphatic rings. The van der Waals surface area contributed by atoms with Crippen molar-refractivity contribution in [2.45, 2.75) is 20.4 Å². The zero-order chi connectivity index (χ0) is 20.8. The van der Waals surface area contributed by atoms with E-state index in [2.05, 4.69) is 10.1 Å². The lowest BCUT2D eigenvalue weighted by Gasteiger charge is -2.11. The fraction of sp³-hybridized carbons (Fsp3) is 0.174. The number of nitrogens with zero attached hydrogens (tertiary/aromatic N) is 4. The van der Waals surface area contributed by atoms with Gasteiger partial charge in [-0.3, -0.25) is 14.0 Å². The van der Waals surface area contributed by atoms with Gasteiger partial charge in [0.1, 0.15) is 17.1 Å². The molecule has 0 bridgehead atoms. The first-order valence-corrected chi connectivity index (χ1v) is 10.5. The average Bonchev–Trinajstić information content (AvgIpc) is 3.45. The predicted octanol–water partition coefficient (Wildman–Crippen LogP) is 4.78. The molecule has 4 heterocycles. The van der Waals surface area contributed by atoms with Crippen LogP contribution in [0.5, 0.6) is 0 Å². The normalized spacial score (nSPS) is 11.4. The van der Waals surface area contributed by atoms with Gasteiger partial charge in [0.15, 0.2) is 0 Å². The molecule has 0 fully saturated rings. The van der Waals surface area contributed by atoms with Crippen molar-refractivity contribution in [2.75, 3.05) is 0 Å². The number of aromatic nitrogens is 4. The van der Waals surface area contributed by atoms with Crippen molar-refractivity contribution < 1.29 is 4.42 Å². The fourth-order valence-corrected chi connectivity index (χ4v) is 4.53. The van der Waals surface area contributed by atoms with E-state index in [0.29, 0.717) is 18.2 Å². The summed E-state index contributed by atoms with van der Waals surface area (Å²) in [5.41, 5.74) is 4.21.